The number of hydrogen-bond acceptors (Lipinski definition) is 1. The summed E-state index contributed by atoms with van der Waals surface area (Å²) < 4.78 is 0. The number of benzene rings is 2. The summed E-state index contributed by atoms with van der Waals surface area (Å²) in [5.74, 6) is 0. The Labute approximate surface area is 110 Å². The van der Waals surface area contributed by atoms with Crippen molar-refractivity contribution in [2.24, 2.45) is 5.11 Å². The van der Waals surface area contributed by atoms with Gasteiger partial charge in [-0.1, -0.05) is 65.3 Å². The molecule has 0 bridgehead atoms. The molecule has 0 N–H and O–H groups in total. The van der Waals surface area contributed by atoms with Gasteiger partial charge in [-0.25, -0.2) is 0 Å². The van der Waals surface area contributed by atoms with Crippen molar-refractivity contribution in [2.45, 2.75) is 0 Å². The average molecular weight is 256 g/mol. The zero-order valence-electron chi connectivity index (χ0n) is 9.49. The van der Waals surface area contributed by atoms with Crippen molar-refractivity contribution in [3.8, 4) is 0 Å². The van der Waals surface area contributed by atoms with Crippen LogP contribution in [0.25, 0.3) is 22.6 Å². The maximum absolute atomic E-state index is 8.30. The predicted octanol–water partition coefficient (Wildman–Crippen LogP) is 5.45. The van der Waals surface area contributed by atoms with Gasteiger partial charge in [0.2, 0.25) is 0 Å². The number of azide groups is 1. The molecule has 4 heteroatoms. The molecule has 18 heavy (non-hydrogen) atoms. The lowest BCUT2D eigenvalue weighted by Crippen LogP contribution is -1.72. The minimum Gasteiger partial charge on any atom is -0.0843 e. The fraction of sp³-hybridized carbons (Fsp3) is 0. The molecule has 0 radical (unpaired) electrons. The molecule has 0 aliphatic heterocycles. The van der Waals surface area contributed by atoms with Crippen molar-refractivity contribution in [3.63, 3.8) is 0 Å². The Balaban J connectivity index is 2.13. The van der Waals surface area contributed by atoms with Crippen molar-refractivity contribution >= 4 is 29.4 Å². The fourth-order valence-corrected chi connectivity index (χ4v) is 1.60. The first-order valence-electron chi connectivity index (χ1n) is 5.37. The highest BCUT2D eigenvalue weighted by atomic mass is 35.5. The average Bonchev–Trinajstić information content (AvgIpc) is 2.40. The monoisotopic (exact) mass is 255 g/mol. The van der Waals surface area contributed by atoms with Gasteiger partial charge in [0.05, 0.1) is 0 Å². The normalized spacial score (nSPS) is 10.3. The number of halogens is 1. The highest BCUT2D eigenvalue weighted by Gasteiger charge is 1.90. The van der Waals surface area contributed by atoms with Gasteiger partial charge in [-0.3, -0.25) is 0 Å². The van der Waals surface area contributed by atoms with Crippen molar-refractivity contribution in [2.75, 3.05) is 0 Å². The number of nitrogens with zero attached hydrogens (tertiary/aromatic N) is 3. The van der Waals surface area contributed by atoms with E-state index in [1.165, 1.54) is 0 Å². The highest BCUT2D eigenvalue weighted by Crippen LogP contribution is 2.16. The van der Waals surface area contributed by atoms with Crippen LogP contribution in [0.1, 0.15) is 11.1 Å². The molecule has 2 rings (SSSR count). The highest BCUT2D eigenvalue weighted by molar-refractivity contribution is 6.30. The topological polar surface area (TPSA) is 48.8 Å². The molecule has 0 heterocycles. The van der Waals surface area contributed by atoms with E-state index >= 15 is 0 Å². The van der Waals surface area contributed by atoms with Gasteiger partial charge in [0, 0.05) is 15.6 Å². The lowest BCUT2D eigenvalue weighted by Gasteiger charge is -1.96. The first-order valence-corrected chi connectivity index (χ1v) is 5.74. The second-order valence-electron chi connectivity index (χ2n) is 3.67. The molecular formula is C14H10ClN3. The van der Waals surface area contributed by atoms with Gasteiger partial charge in [-0.2, -0.15) is 0 Å². The zero-order chi connectivity index (χ0) is 12.8. The van der Waals surface area contributed by atoms with Gasteiger partial charge < -0.3 is 0 Å². The summed E-state index contributed by atoms with van der Waals surface area (Å²) in [6.45, 7) is 0. The summed E-state index contributed by atoms with van der Waals surface area (Å²) in [6, 6.07) is 15.0. The lowest BCUT2D eigenvalue weighted by atomic mass is 10.1. The van der Waals surface area contributed by atoms with Crippen molar-refractivity contribution in [1.29, 1.82) is 0 Å². The van der Waals surface area contributed by atoms with Crippen molar-refractivity contribution in [1.82, 2.24) is 0 Å². The van der Waals surface area contributed by atoms with Crippen LogP contribution in [0.15, 0.2) is 53.6 Å². The molecule has 0 aliphatic rings. The minimum absolute atomic E-state index is 0.612. The van der Waals surface area contributed by atoms with Crippen molar-refractivity contribution < 1.29 is 0 Å². The molecule has 0 saturated heterocycles. The van der Waals surface area contributed by atoms with Crippen LogP contribution in [0.2, 0.25) is 5.02 Å². The van der Waals surface area contributed by atoms with Gasteiger partial charge in [-0.05, 0) is 28.8 Å². The summed E-state index contributed by atoms with van der Waals surface area (Å²) in [4.78, 5) is 2.73. The Bertz CT molecular complexity index is 594. The van der Waals surface area contributed by atoms with Gasteiger partial charge >= 0.3 is 0 Å². The minimum atomic E-state index is 0.612. The van der Waals surface area contributed by atoms with Gasteiger partial charge in [0.25, 0.3) is 0 Å². The molecule has 0 aliphatic carbocycles. The first kappa shape index (κ1) is 12.2. The van der Waals surface area contributed by atoms with Gasteiger partial charge in [-0.15, -0.1) is 0 Å². The molecule has 0 spiro atoms. The molecular weight excluding hydrogens is 246 g/mol. The predicted molar refractivity (Wildman–Crippen MR) is 75.6 cm³/mol. The van der Waals surface area contributed by atoms with E-state index in [0.717, 1.165) is 16.1 Å². The number of hydrogen-bond donors (Lipinski definition) is 0. The molecule has 0 fully saturated rings. The summed E-state index contributed by atoms with van der Waals surface area (Å²) in [5.41, 5.74) is 11.0. The van der Waals surface area contributed by atoms with Gasteiger partial charge in [0.15, 0.2) is 0 Å². The maximum Gasteiger partial charge on any atom is 0.0406 e. The smallest absolute Gasteiger partial charge is 0.0406 e. The first-order chi connectivity index (χ1) is 8.78. The molecule has 0 aromatic heterocycles. The summed E-state index contributed by atoms with van der Waals surface area (Å²) in [6.07, 6.45) is 3.99. The molecule has 0 unspecified atom stereocenters. The molecule has 2 aromatic carbocycles. The largest absolute Gasteiger partial charge is 0.0843 e. The Morgan fingerprint density at radius 3 is 1.89 bits per heavy atom. The van der Waals surface area contributed by atoms with E-state index in [2.05, 4.69) is 10.0 Å². The third-order valence-corrected chi connectivity index (χ3v) is 2.64. The number of rotatable bonds is 3. The van der Waals surface area contributed by atoms with E-state index in [1.807, 2.05) is 48.6 Å². The molecule has 0 saturated carbocycles. The lowest BCUT2D eigenvalue weighted by molar-refractivity contribution is 1.47. The quantitative estimate of drug-likeness (QED) is 0.303. The van der Waals surface area contributed by atoms with Crippen LogP contribution in [0.3, 0.4) is 0 Å². The van der Waals surface area contributed by atoms with Crippen LogP contribution >= 0.6 is 11.6 Å². The Morgan fingerprint density at radius 1 is 0.889 bits per heavy atom. The van der Waals surface area contributed by atoms with Crippen LogP contribution in [0, 0.1) is 0 Å². The molecule has 88 valence electrons. The van der Waals surface area contributed by atoms with Crippen LogP contribution in [-0.4, -0.2) is 0 Å². The van der Waals surface area contributed by atoms with E-state index in [1.54, 1.807) is 12.1 Å². The van der Waals surface area contributed by atoms with Crippen LogP contribution < -0.4 is 0 Å². The van der Waals surface area contributed by atoms with Crippen LogP contribution in [0.4, 0.5) is 5.69 Å². The van der Waals surface area contributed by atoms with E-state index < -0.39 is 0 Å². The SMILES string of the molecule is [N-]=[N+]=Nc1ccc(/C=C/c2ccc(Cl)cc2)cc1. The van der Waals surface area contributed by atoms with Crippen LogP contribution in [0.5, 0.6) is 0 Å². The van der Waals surface area contributed by atoms with E-state index in [0.29, 0.717) is 5.69 Å². The van der Waals surface area contributed by atoms with Crippen molar-refractivity contribution in [3.05, 3.63) is 75.1 Å². The standard InChI is InChI=1S/C14H10ClN3/c15-13-7-3-11(4-8-13)1-2-12-5-9-14(10-6-12)17-18-16/h1-10H/b2-1+. The zero-order valence-corrected chi connectivity index (χ0v) is 10.2. The second-order valence-corrected chi connectivity index (χ2v) is 4.10. The molecule has 3 nitrogen and oxygen atoms in total. The molecule has 2 aromatic rings. The Hall–Kier alpha value is -2.22. The summed E-state index contributed by atoms with van der Waals surface area (Å²) >= 11 is 5.81. The third kappa shape index (κ3) is 3.39. The van der Waals surface area contributed by atoms with Crippen LogP contribution in [-0.2, 0) is 0 Å². The maximum atomic E-state index is 8.30. The van der Waals surface area contributed by atoms with Gasteiger partial charge in [0.1, 0.15) is 0 Å². The fourth-order valence-electron chi connectivity index (χ4n) is 1.47. The van der Waals surface area contributed by atoms with E-state index in [9.17, 15) is 0 Å². The summed E-state index contributed by atoms with van der Waals surface area (Å²) in [7, 11) is 0. The molecule has 0 amide bonds. The molecule has 0 atom stereocenters. The Kier molecular flexibility index (Phi) is 4.02. The summed E-state index contributed by atoms with van der Waals surface area (Å²) in [5, 5.41) is 4.25. The third-order valence-electron chi connectivity index (χ3n) is 2.39. The van der Waals surface area contributed by atoms with E-state index in [4.69, 9.17) is 17.1 Å². The second kappa shape index (κ2) is 5.92. The van der Waals surface area contributed by atoms with E-state index in [-0.39, 0.29) is 0 Å². The Morgan fingerprint density at radius 2 is 1.39 bits per heavy atom.